The summed E-state index contributed by atoms with van der Waals surface area (Å²) in [7, 11) is 0. The van der Waals surface area contributed by atoms with Crippen LogP contribution in [-0.4, -0.2) is 35.6 Å². The average Bonchev–Trinajstić information content (AvgIpc) is 3.53. The van der Waals surface area contributed by atoms with Crippen molar-refractivity contribution in [2.24, 2.45) is 0 Å². The quantitative estimate of drug-likeness (QED) is 0.0875. The molecule has 4 aromatic rings. The lowest BCUT2D eigenvalue weighted by Crippen LogP contribution is -2.33. The second-order valence-corrected chi connectivity index (χ2v) is 10.8. The Morgan fingerprint density at radius 3 is 2.24 bits per heavy atom. The fourth-order valence-electron chi connectivity index (χ4n) is 5.36. The maximum Gasteiger partial charge on any atom is 0.328 e. The van der Waals surface area contributed by atoms with Crippen molar-refractivity contribution < 1.29 is 36.6 Å². The van der Waals surface area contributed by atoms with Crippen LogP contribution in [0.1, 0.15) is 59.6 Å². The summed E-state index contributed by atoms with van der Waals surface area (Å²) in [5, 5.41) is 3.17. The van der Waals surface area contributed by atoms with Crippen LogP contribution in [0.15, 0.2) is 77.6 Å². The fraction of sp³-hybridized carbons (Fsp3) is 0.265. The molecule has 46 heavy (non-hydrogen) atoms. The van der Waals surface area contributed by atoms with Crippen molar-refractivity contribution in [1.82, 2.24) is 9.88 Å². The van der Waals surface area contributed by atoms with Crippen molar-refractivity contribution >= 4 is 17.6 Å². The molecule has 12 heteroatoms. The number of nitrogens with one attached hydrogen (secondary N) is 1. The smallest absolute Gasteiger partial charge is 0.328 e. The first-order chi connectivity index (χ1) is 22.1. The Hall–Kier alpha value is -4.97. The normalized spacial score (nSPS) is 13.8. The minimum Gasteiger partial charge on any atom is -0.493 e. The van der Waals surface area contributed by atoms with Crippen LogP contribution in [-0.2, 0) is 9.53 Å². The van der Waals surface area contributed by atoms with Gasteiger partial charge in [0.25, 0.3) is 5.56 Å². The van der Waals surface area contributed by atoms with Crippen LogP contribution >= 0.6 is 0 Å². The molecule has 1 fully saturated rings. The van der Waals surface area contributed by atoms with E-state index in [0.29, 0.717) is 23.6 Å². The first kappa shape index (κ1) is 32.4. The Kier molecular flexibility index (Phi) is 10.2. The van der Waals surface area contributed by atoms with Crippen LogP contribution in [0, 0.1) is 23.3 Å². The van der Waals surface area contributed by atoms with Gasteiger partial charge >= 0.3 is 5.97 Å². The molecule has 0 spiro atoms. The van der Waals surface area contributed by atoms with Crippen LogP contribution in [0.4, 0.5) is 23.4 Å². The predicted molar refractivity (Wildman–Crippen MR) is 162 cm³/mol. The number of rotatable bonds is 12. The standard InChI is InChI=1S/C34H31F4N3O5/c35-21-11-12-24(26(36)17-21)32(43)25-13-14-29(42)41(33(25)39)31-27(37)18-23(19-28(31)38)45-16-6-15-40-30(20-7-2-1-3-8-20)34(44)46-22-9-4-5-10-22/h1-3,7-8,11-14,17-19,22,30,40H,4-6,9-10,15-16,39H2/t30-/m0/s1. The second kappa shape index (κ2) is 14.4. The number of esters is 1. The van der Waals surface area contributed by atoms with Crippen LogP contribution in [0.5, 0.6) is 5.75 Å². The highest BCUT2D eigenvalue weighted by Crippen LogP contribution is 2.28. The molecule has 0 unspecified atom stereocenters. The molecule has 3 N–H and O–H groups in total. The highest BCUT2D eigenvalue weighted by atomic mass is 19.1. The van der Waals surface area contributed by atoms with E-state index < -0.39 is 63.3 Å². The number of ketones is 1. The highest BCUT2D eigenvalue weighted by molar-refractivity contribution is 6.11. The van der Waals surface area contributed by atoms with Gasteiger partial charge in [-0.3, -0.25) is 14.2 Å². The summed E-state index contributed by atoms with van der Waals surface area (Å²) in [6.45, 7) is 0.351. The average molecular weight is 638 g/mol. The molecule has 1 heterocycles. The molecule has 5 rings (SSSR count). The molecule has 8 nitrogen and oxygen atoms in total. The van der Waals surface area contributed by atoms with Crippen LogP contribution < -0.4 is 21.3 Å². The Bertz CT molecular complexity index is 1770. The van der Waals surface area contributed by atoms with Gasteiger partial charge in [-0.25, -0.2) is 22.4 Å². The van der Waals surface area contributed by atoms with E-state index >= 15 is 8.78 Å². The monoisotopic (exact) mass is 637 g/mol. The number of ether oxygens (including phenoxy) is 2. The van der Waals surface area contributed by atoms with Gasteiger partial charge in [0.05, 0.1) is 17.7 Å². The largest absolute Gasteiger partial charge is 0.493 e. The third kappa shape index (κ3) is 7.28. The summed E-state index contributed by atoms with van der Waals surface area (Å²) in [4.78, 5) is 38.5. The molecule has 1 aliphatic carbocycles. The van der Waals surface area contributed by atoms with Gasteiger partial charge in [0.15, 0.2) is 17.4 Å². The Labute approximate surface area is 261 Å². The summed E-state index contributed by atoms with van der Waals surface area (Å²) in [5.41, 5.74) is 3.96. The van der Waals surface area contributed by atoms with Crippen LogP contribution in [0.25, 0.3) is 5.69 Å². The third-order valence-corrected chi connectivity index (χ3v) is 7.66. The zero-order chi connectivity index (χ0) is 32.8. The van der Waals surface area contributed by atoms with Crippen molar-refractivity contribution in [1.29, 1.82) is 0 Å². The molecule has 1 aliphatic rings. The lowest BCUT2D eigenvalue weighted by atomic mass is 10.0. The number of hydrogen-bond donors (Lipinski definition) is 2. The molecule has 1 aromatic heterocycles. The van der Waals surface area contributed by atoms with Gasteiger partial charge in [0.2, 0.25) is 0 Å². The van der Waals surface area contributed by atoms with Gasteiger partial charge in [-0.2, -0.15) is 0 Å². The molecule has 3 aromatic carbocycles. The predicted octanol–water partition coefficient (Wildman–Crippen LogP) is 5.79. The fourth-order valence-corrected chi connectivity index (χ4v) is 5.36. The van der Waals surface area contributed by atoms with Gasteiger partial charge in [-0.05, 0) is 62.4 Å². The topological polar surface area (TPSA) is 113 Å². The van der Waals surface area contributed by atoms with E-state index in [1.54, 1.807) is 0 Å². The third-order valence-electron chi connectivity index (χ3n) is 7.66. The number of nitrogens with zero attached hydrogens (tertiary/aromatic N) is 1. The molecule has 0 bridgehead atoms. The maximum absolute atomic E-state index is 15.3. The zero-order valence-corrected chi connectivity index (χ0v) is 24.6. The summed E-state index contributed by atoms with van der Waals surface area (Å²) < 4.78 is 69.8. The molecule has 1 atom stereocenters. The Balaban J connectivity index is 1.26. The number of aromatic nitrogens is 1. The summed E-state index contributed by atoms with van der Waals surface area (Å²) in [5.74, 6) is -6.71. The first-order valence-corrected chi connectivity index (χ1v) is 14.8. The SMILES string of the molecule is Nc1c(C(=O)c2ccc(F)cc2F)ccc(=O)n1-c1c(F)cc(OCCCN[C@H](C(=O)OC2CCCC2)c2ccccc2)cc1F. The molecule has 0 radical (unpaired) electrons. The van der Waals surface area contributed by atoms with Gasteiger partial charge in [-0.1, -0.05) is 30.3 Å². The van der Waals surface area contributed by atoms with Crippen LogP contribution in [0.3, 0.4) is 0 Å². The first-order valence-electron chi connectivity index (χ1n) is 14.8. The van der Waals surface area contributed by atoms with E-state index in [9.17, 15) is 23.2 Å². The highest BCUT2D eigenvalue weighted by Gasteiger charge is 2.27. The maximum atomic E-state index is 15.3. The number of benzene rings is 3. The number of carbonyl (C=O) groups is 2. The minimum absolute atomic E-state index is 0.0275. The van der Waals surface area contributed by atoms with Gasteiger partial charge in [0.1, 0.15) is 41.0 Å². The molecule has 0 amide bonds. The molecular weight excluding hydrogens is 606 g/mol. The molecule has 0 aliphatic heterocycles. The number of carbonyl (C=O) groups excluding carboxylic acids is 2. The molecule has 0 saturated heterocycles. The number of nitrogens with two attached hydrogens (primary N) is 1. The summed E-state index contributed by atoms with van der Waals surface area (Å²) in [6.07, 6.45) is 4.00. The second-order valence-electron chi connectivity index (χ2n) is 10.8. The molecule has 240 valence electrons. The lowest BCUT2D eigenvalue weighted by molar-refractivity contribution is -0.151. The van der Waals surface area contributed by atoms with Gasteiger partial charge < -0.3 is 20.5 Å². The van der Waals surface area contributed by atoms with E-state index in [2.05, 4.69) is 5.32 Å². The number of anilines is 1. The number of halogens is 4. The number of pyridine rings is 1. The van der Waals surface area contributed by atoms with Crippen LogP contribution in [0.2, 0.25) is 0 Å². The van der Waals surface area contributed by atoms with Gasteiger partial charge in [-0.15, -0.1) is 0 Å². The van der Waals surface area contributed by atoms with E-state index in [-0.39, 0.29) is 24.4 Å². The zero-order valence-electron chi connectivity index (χ0n) is 24.6. The minimum atomic E-state index is -1.21. The van der Waals surface area contributed by atoms with E-state index in [1.165, 1.54) is 0 Å². The Morgan fingerprint density at radius 1 is 0.891 bits per heavy atom. The molecule has 1 saturated carbocycles. The van der Waals surface area contributed by atoms with E-state index in [1.807, 2.05) is 30.3 Å². The summed E-state index contributed by atoms with van der Waals surface area (Å²) >= 11 is 0. The van der Waals surface area contributed by atoms with Crippen molar-refractivity contribution in [3.05, 3.63) is 123 Å². The summed E-state index contributed by atoms with van der Waals surface area (Å²) in [6, 6.07) is 14.3. The van der Waals surface area contributed by atoms with Crippen molar-refractivity contribution in [2.45, 2.75) is 44.2 Å². The molecular formula is C34H31F4N3O5. The van der Waals surface area contributed by atoms with Crippen molar-refractivity contribution in [3.63, 3.8) is 0 Å². The van der Waals surface area contributed by atoms with E-state index in [0.717, 1.165) is 67.6 Å². The van der Waals surface area contributed by atoms with Gasteiger partial charge in [0, 0.05) is 24.3 Å². The van der Waals surface area contributed by atoms with E-state index in [4.69, 9.17) is 15.2 Å². The Morgan fingerprint density at radius 2 is 1.57 bits per heavy atom. The number of hydrogen-bond acceptors (Lipinski definition) is 7. The lowest BCUT2D eigenvalue weighted by Gasteiger charge is -2.21. The van der Waals surface area contributed by atoms with Crippen molar-refractivity contribution in [2.75, 3.05) is 18.9 Å². The van der Waals surface area contributed by atoms with Crippen molar-refractivity contribution in [3.8, 4) is 11.4 Å². The number of nitrogen functional groups attached to an aromatic ring is 1.